The molecule has 0 unspecified atom stereocenters. The molecule has 12 heteroatoms. The molecule has 2 N–H and O–H groups in total. The summed E-state index contributed by atoms with van der Waals surface area (Å²) in [6.07, 6.45) is 5.91. The normalized spacial score (nSPS) is 13.7. The molecule has 11 nitrogen and oxygen atoms in total. The first-order chi connectivity index (χ1) is 20.2. The number of hydrogen-bond acceptors (Lipinski definition) is 10. The van der Waals surface area contributed by atoms with E-state index in [2.05, 4.69) is 25.0 Å². The molecule has 42 heavy (non-hydrogen) atoms. The Morgan fingerprint density at radius 3 is 2.43 bits per heavy atom. The van der Waals surface area contributed by atoms with Gasteiger partial charge in [-0.25, -0.2) is 22.9 Å². The number of pyridine rings is 1. The third kappa shape index (κ3) is 5.59. The number of ether oxygens (including phenoxy) is 3. The van der Waals surface area contributed by atoms with Gasteiger partial charge in [-0.15, -0.1) is 0 Å². The van der Waals surface area contributed by atoms with Crippen LogP contribution < -0.4 is 19.5 Å². The predicted octanol–water partition coefficient (Wildman–Crippen LogP) is 5.11. The molecule has 1 fully saturated rings. The number of fused-ring (bicyclic) bond motifs is 1. The van der Waals surface area contributed by atoms with Crippen molar-refractivity contribution in [2.75, 3.05) is 33.7 Å². The molecule has 1 saturated carbocycles. The fraction of sp³-hybridized carbons (Fsp3) is 0.333. The minimum atomic E-state index is -3.93. The van der Waals surface area contributed by atoms with Crippen molar-refractivity contribution in [2.45, 2.75) is 43.4 Å². The second-order valence-corrected chi connectivity index (χ2v) is 11.9. The first-order valence-electron chi connectivity index (χ1n) is 13.5. The van der Waals surface area contributed by atoms with Crippen molar-refractivity contribution in [1.29, 1.82) is 0 Å². The Balaban J connectivity index is 1.70. The summed E-state index contributed by atoms with van der Waals surface area (Å²) in [5, 5.41) is 3.91. The lowest BCUT2D eigenvalue weighted by Crippen LogP contribution is -2.21. The fourth-order valence-corrected chi connectivity index (χ4v) is 6.56. The van der Waals surface area contributed by atoms with Crippen LogP contribution >= 0.6 is 0 Å². The highest BCUT2D eigenvalue weighted by Crippen LogP contribution is 2.40. The van der Waals surface area contributed by atoms with E-state index in [1.165, 1.54) is 28.4 Å². The molecule has 220 valence electrons. The van der Waals surface area contributed by atoms with Gasteiger partial charge in [-0.3, -0.25) is 4.98 Å². The molecule has 5 rings (SSSR count). The Morgan fingerprint density at radius 2 is 1.76 bits per heavy atom. The number of carbonyl (C=O) groups excluding carboxylic acids is 1. The van der Waals surface area contributed by atoms with Crippen LogP contribution in [0.5, 0.6) is 11.9 Å². The highest BCUT2D eigenvalue weighted by Gasteiger charge is 2.26. The highest BCUT2D eigenvalue weighted by molar-refractivity contribution is 7.89. The summed E-state index contributed by atoms with van der Waals surface area (Å²) in [5.41, 5.74) is 4.51. The Morgan fingerprint density at radius 1 is 1.00 bits per heavy atom. The molecule has 0 saturated heterocycles. The van der Waals surface area contributed by atoms with E-state index in [4.69, 9.17) is 14.2 Å². The second kappa shape index (κ2) is 11.9. The van der Waals surface area contributed by atoms with Gasteiger partial charge in [0.1, 0.15) is 4.90 Å². The SMILES string of the molecule is CNS(=O)(=O)c1c(C)nc2cc(-c3cnc(OC)nc3OC)ccc2c1Nc1cc(C(=O)OC)cc(C2CCCC2)c1. The fourth-order valence-electron chi connectivity index (χ4n) is 5.49. The van der Waals surface area contributed by atoms with Crippen LogP contribution in [0.3, 0.4) is 0 Å². The number of methoxy groups -OCH3 is 3. The number of benzene rings is 2. The molecule has 0 spiro atoms. The molecule has 0 bridgehead atoms. The van der Waals surface area contributed by atoms with Crippen LogP contribution in [-0.4, -0.2) is 57.7 Å². The third-order valence-corrected chi connectivity index (χ3v) is 9.11. The van der Waals surface area contributed by atoms with Gasteiger partial charge in [0.15, 0.2) is 0 Å². The number of esters is 1. The Hall–Kier alpha value is -4.29. The molecule has 0 amide bonds. The molecule has 4 aromatic rings. The lowest BCUT2D eigenvalue weighted by molar-refractivity contribution is 0.0600. The average Bonchev–Trinajstić information content (AvgIpc) is 3.55. The third-order valence-electron chi connectivity index (χ3n) is 7.54. The molecule has 2 aromatic heterocycles. The van der Waals surface area contributed by atoms with Gasteiger partial charge < -0.3 is 19.5 Å². The second-order valence-electron chi connectivity index (χ2n) is 10.1. The Bertz CT molecular complexity index is 1770. The maximum absolute atomic E-state index is 13.3. The standard InChI is InChI=1S/C30H33N5O6S/c1-17-27(42(37,38)31-2)26(34-22-13-20(18-8-6-7-9-18)12-21(14-22)29(36)40-4)23-11-10-19(15-25(23)33-17)24-16-32-30(41-5)35-28(24)39-3/h10-16,18,31H,6-9H2,1-5H3,(H,33,34). The van der Waals surface area contributed by atoms with Gasteiger partial charge in [0, 0.05) is 17.3 Å². The number of aromatic nitrogens is 3. The zero-order valence-corrected chi connectivity index (χ0v) is 25.0. The van der Waals surface area contributed by atoms with Crippen LogP contribution in [0.4, 0.5) is 11.4 Å². The van der Waals surface area contributed by atoms with Gasteiger partial charge >= 0.3 is 12.0 Å². The number of nitrogens with one attached hydrogen (secondary N) is 2. The monoisotopic (exact) mass is 591 g/mol. The Labute approximate surface area is 244 Å². The number of anilines is 2. The zero-order chi connectivity index (χ0) is 30.0. The topological polar surface area (TPSA) is 142 Å². The largest absolute Gasteiger partial charge is 0.480 e. The quantitative estimate of drug-likeness (QED) is 0.252. The van der Waals surface area contributed by atoms with Crippen LogP contribution in [0.2, 0.25) is 0 Å². The van der Waals surface area contributed by atoms with Gasteiger partial charge in [0.2, 0.25) is 15.9 Å². The molecule has 2 heterocycles. The number of sulfonamides is 1. The van der Waals surface area contributed by atoms with E-state index in [-0.39, 0.29) is 10.9 Å². The number of hydrogen-bond donors (Lipinski definition) is 2. The van der Waals surface area contributed by atoms with Gasteiger partial charge in [-0.2, -0.15) is 4.98 Å². The van der Waals surface area contributed by atoms with Crippen molar-refractivity contribution in [3.63, 3.8) is 0 Å². The van der Waals surface area contributed by atoms with Gasteiger partial charge in [0.25, 0.3) is 0 Å². The van der Waals surface area contributed by atoms with Crippen molar-refractivity contribution >= 4 is 38.3 Å². The summed E-state index contributed by atoms with van der Waals surface area (Å²) in [6.45, 7) is 1.65. The van der Waals surface area contributed by atoms with Crippen molar-refractivity contribution < 1.29 is 27.4 Å². The summed E-state index contributed by atoms with van der Waals surface area (Å²) in [7, 11) is 1.75. The lowest BCUT2D eigenvalue weighted by Gasteiger charge is -2.19. The van der Waals surface area contributed by atoms with E-state index in [1.54, 1.807) is 25.3 Å². The van der Waals surface area contributed by atoms with E-state index in [9.17, 15) is 13.2 Å². The van der Waals surface area contributed by atoms with E-state index >= 15 is 0 Å². The molecule has 0 atom stereocenters. The molecule has 0 radical (unpaired) electrons. The molecular weight excluding hydrogens is 558 g/mol. The van der Waals surface area contributed by atoms with Gasteiger partial charge in [-0.05, 0) is 68.1 Å². The minimum absolute atomic E-state index is 0.0153. The minimum Gasteiger partial charge on any atom is -0.480 e. The van der Waals surface area contributed by atoms with Crippen molar-refractivity contribution in [3.05, 3.63) is 59.4 Å². The maximum atomic E-state index is 13.3. The molecule has 2 aromatic carbocycles. The van der Waals surface area contributed by atoms with Crippen LogP contribution in [0.15, 0.2) is 47.5 Å². The van der Waals surface area contributed by atoms with E-state index in [0.717, 1.165) is 36.8 Å². The molecular formula is C30H33N5O6S. The summed E-state index contributed by atoms with van der Waals surface area (Å²) < 4.78 is 44.6. The smallest absolute Gasteiger partial charge is 0.337 e. The number of rotatable bonds is 9. The highest BCUT2D eigenvalue weighted by atomic mass is 32.2. The van der Waals surface area contributed by atoms with Crippen molar-refractivity contribution in [3.8, 4) is 23.0 Å². The first-order valence-corrected chi connectivity index (χ1v) is 15.0. The molecule has 1 aliphatic rings. The van der Waals surface area contributed by atoms with Gasteiger partial charge in [-0.1, -0.05) is 25.0 Å². The predicted molar refractivity (Wildman–Crippen MR) is 159 cm³/mol. The summed E-state index contributed by atoms with van der Waals surface area (Å²) in [5.74, 6) is 0.178. The number of nitrogens with zero attached hydrogens (tertiary/aromatic N) is 3. The summed E-state index contributed by atoms with van der Waals surface area (Å²) >= 11 is 0. The molecule has 1 aliphatic carbocycles. The molecule has 0 aliphatic heterocycles. The zero-order valence-electron chi connectivity index (χ0n) is 24.1. The number of aryl methyl sites for hydroxylation is 1. The van der Waals surface area contributed by atoms with Gasteiger partial charge in [0.05, 0.1) is 49.4 Å². The van der Waals surface area contributed by atoms with E-state index in [1.807, 2.05) is 24.3 Å². The van der Waals surface area contributed by atoms with Crippen LogP contribution in [0.25, 0.3) is 22.0 Å². The van der Waals surface area contributed by atoms with Crippen LogP contribution in [-0.2, 0) is 14.8 Å². The van der Waals surface area contributed by atoms with E-state index < -0.39 is 16.0 Å². The maximum Gasteiger partial charge on any atom is 0.337 e. The van der Waals surface area contributed by atoms with Crippen molar-refractivity contribution in [2.24, 2.45) is 0 Å². The number of carbonyl (C=O) groups is 1. The van der Waals surface area contributed by atoms with E-state index in [0.29, 0.717) is 50.9 Å². The van der Waals surface area contributed by atoms with Crippen LogP contribution in [0, 0.1) is 6.92 Å². The van der Waals surface area contributed by atoms with Crippen LogP contribution in [0.1, 0.15) is 53.2 Å². The van der Waals surface area contributed by atoms with Crippen molar-refractivity contribution in [1.82, 2.24) is 19.7 Å². The average molecular weight is 592 g/mol. The lowest BCUT2D eigenvalue weighted by atomic mass is 9.95. The summed E-state index contributed by atoms with van der Waals surface area (Å²) in [4.78, 5) is 25.8. The first kappa shape index (κ1) is 29.2. The Kier molecular flexibility index (Phi) is 8.28. The summed E-state index contributed by atoms with van der Waals surface area (Å²) in [6, 6.07) is 11.1.